The Morgan fingerprint density at radius 3 is 2.18 bits per heavy atom. The maximum atomic E-state index is 5.81. The first-order valence-electron chi connectivity index (χ1n) is 6.29. The lowest BCUT2D eigenvalue weighted by atomic mass is 10.2. The molecular formula is C14H22N2O. The Kier molecular flexibility index (Phi) is 3.57. The molecule has 17 heavy (non-hydrogen) atoms. The van der Waals surface area contributed by atoms with Crippen LogP contribution in [0.1, 0.15) is 20.8 Å². The van der Waals surface area contributed by atoms with Crippen molar-refractivity contribution in [1.82, 2.24) is 5.32 Å². The number of rotatable bonds is 2. The number of hydrogen-bond donors (Lipinski definition) is 1. The Morgan fingerprint density at radius 2 is 1.65 bits per heavy atom. The summed E-state index contributed by atoms with van der Waals surface area (Å²) in [5.74, 6) is 0.941. The second kappa shape index (κ2) is 4.96. The molecule has 0 saturated carbocycles. The van der Waals surface area contributed by atoms with E-state index in [1.54, 1.807) is 0 Å². The van der Waals surface area contributed by atoms with Crippen LogP contribution in [-0.2, 0) is 0 Å². The van der Waals surface area contributed by atoms with Gasteiger partial charge in [0.2, 0.25) is 0 Å². The van der Waals surface area contributed by atoms with Crippen molar-refractivity contribution in [3.05, 3.63) is 24.3 Å². The third-order valence-corrected chi connectivity index (χ3v) is 2.74. The van der Waals surface area contributed by atoms with Crippen LogP contribution in [0.2, 0.25) is 0 Å². The summed E-state index contributed by atoms with van der Waals surface area (Å²) in [6.45, 7) is 10.5. The molecule has 0 aromatic heterocycles. The summed E-state index contributed by atoms with van der Waals surface area (Å²) in [5, 5.41) is 3.36. The zero-order valence-corrected chi connectivity index (χ0v) is 11.0. The summed E-state index contributed by atoms with van der Waals surface area (Å²) in [5.41, 5.74) is 1.16. The minimum atomic E-state index is -0.128. The van der Waals surface area contributed by atoms with Crippen LogP contribution in [0.25, 0.3) is 0 Å². The van der Waals surface area contributed by atoms with Crippen molar-refractivity contribution >= 4 is 5.69 Å². The Labute approximate surface area is 104 Å². The minimum absolute atomic E-state index is 0.128. The molecule has 3 nitrogen and oxygen atoms in total. The van der Waals surface area contributed by atoms with E-state index in [1.165, 1.54) is 5.69 Å². The fourth-order valence-electron chi connectivity index (χ4n) is 2.00. The highest BCUT2D eigenvalue weighted by atomic mass is 16.5. The summed E-state index contributed by atoms with van der Waals surface area (Å²) in [6, 6.07) is 8.41. The third kappa shape index (κ3) is 3.63. The molecule has 0 bridgehead atoms. The standard InChI is InChI=1S/C14H22N2O/c1-14(2,3)17-13-6-4-12(5-7-13)16-10-8-15-9-11-16/h4-7,15H,8-11H2,1-3H3. The molecule has 1 saturated heterocycles. The largest absolute Gasteiger partial charge is 0.488 e. The fraction of sp³-hybridized carbons (Fsp3) is 0.571. The van der Waals surface area contributed by atoms with Gasteiger partial charge in [0.1, 0.15) is 11.4 Å². The Balaban J connectivity index is 2.02. The zero-order valence-electron chi connectivity index (χ0n) is 11.0. The highest BCUT2D eigenvalue weighted by Crippen LogP contribution is 2.22. The van der Waals surface area contributed by atoms with E-state index in [0.29, 0.717) is 0 Å². The lowest BCUT2D eigenvalue weighted by Gasteiger charge is -2.29. The van der Waals surface area contributed by atoms with Crippen molar-refractivity contribution in [3.63, 3.8) is 0 Å². The molecule has 2 rings (SSSR count). The number of nitrogens with zero attached hydrogens (tertiary/aromatic N) is 1. The zero-order chi connectivity index (χ0) is 12.3. The van der Waals surface area contributed by atoms with Gasteiger partial charge in [0.05, 0.1) is 0 Å². The van der Waals surface area contributed by atoms with Crippen molar-refractivity contribution in [1.29, 1.82) is 0 Å². The average Bonchev–Trinajstić information content (AvgIpc) is 2.29. The smallest absolute Gasteiger partial charge is 0.120 e. The molecule has 0 radical (unpaired) electrons. The molecule has 0 atom stereocenters. The first kappa shape index (κ1) is 12.2. The van der Waals surface area contributed by atoms with E-state index in [0.717, 1.165) is 31.9 Å². The maximum absolute atomic E-state index is 5.81. The van der Waals surface area contributed by atoms with Crippen molar-refractivity contribution in [2.75, 3.05) is 31.1 Å². The monoisotopic (exact) mass is 234 g/mol. The Bertz CT molecular complexity index is 347. The molecule has 1 N–H and O–H groups in total. The van der Waals surface area contributed by atoms with Crippen molar-refractivity contribution in [2.24, 2.45) is 0 Å². The third-order valence-electron chi connectivity index (χ3n) is 2.74. The van der Waals surface area contributed by atoms with Crippen molar-refractivity contribution in [3.8, 4) is 5.75 Å². The van der Waals surface area contributed by atoms with Gasteiger partial charge in [-0.05, 0) is 45.0 Å². The molecule has 0 spiro atoms. The Hall–Kier alpha value is -1.22. The van der Waals surface area contributed by atoms with E-state index in [1.807, 2.05) is 0 Å². The molecular weight excluding hydrogens is 212 g/mol. The summed E-state index contributed by atoms with van der Waals surface area (Å²) >= 11 is 0. The quantitative estimate of drug-likeness (QED) is 0.849. The lowest BCUT2D eigenvalue weighted by molar-refractivity contribution is 0.131. The summed E-state index contributed by atoms with van der Waals surface area (Å²) in [7, 11) is 0. The number of anilines is 1. The van der Waals surface area contributed by atoms with Gasteiger partial charge in [-0.1, -0.05) is 0 Å². The topological polar surface area (TPSA) is 24.5 Å². The van der Waals surface area contributed by atoms with Crippen LogP contribution in [-0.4, -0.2) is 31.8 Å². The summed E-state index contributed by atoms with van der Waals surface area (Å²) < 4.78 is 5.81. The van der Waals surface area contributed by atoms with Crippen LogP contribution >= 0.6 is 0 Å². The molecule has 0 unspecified atom stereocenters. The van der Waals surface area contributed by atoms with Crippen LogP contribution < -0.4 is 15.0 Å². The molecule has 0 aliphatic carbocycles. The first-order valence-corrected chi connectivity index (χ1v) is 6.29. The van der Waals surface area contributed by atoms with Gasteiger partial charge in [-0.25, -0.2) is 0 Å². The van der Waals surface area contributed by atoms with E-state index in [9.17, 15) is 0 Å². The van der Waals surface area contributed by atoms with Crippen LogP contribution in [0.4, 0.5) is 5.69 Å². The highest BCUT2D eigenvalue weighted by Gasteiger charge is 2.13. The molecule has 1 fully saturated rings. The predicted molar refractivity (Wildman–Crippen MR) is 71.9 cm³/mol. The molecule has 1 heterocycles. The van der Waals surface area contributed by atoms with Gasteiger partial charge in [0.25, 0.3) is 0 Å². The van der Waals surface area contributed by atoms with Crippen molar-refractivity contribution in [2.45, 2.75) is 26.4 Å². The van der Waals surface area contributed by atoms with Crippen LogP contribution in [0.3, 0.4) is 0 Å². The normalized spacial score (nSPS) is 17.0. The van der Waals surface area contributed by atoms with Gasteiger partial charge in [-0.3, -0.25) is 0 Å². The molecule has 3 heteroatoms. The Morgan fingerprint density at radius 1 is 1.06 bits per heavy atom. The van der Waals surface area contributed by atoms with E-state index >= 15 is 0 Å². The van der Waals surface area contributed by atoms with Crippen LogP contribution in [0.15, 0.2) is 24.3 Å². The van der Waals surface area contributed by atoms with E-state index in [2.05, 4.69) is 55.3 Å². The van der Waals surface area contributed by atoms with Gasteiger partial charge in [0, 0.05) is 31.9 Å². The maximum Gasteiger partial charge on any atom is 0.120 e. The summed E-state index contributed by atoms with van der Waals surface area (Å²) in [6.07, 6.45) is 0. The van der Waals surface area contributed by atoms with E-state index in [4.69, 9.17) is 4.74 Å². The number of benzene rings is 1. The number of hydrogen-bond acceptors (Lipinski definition) is 3. The van der Waals surface area contributed by atoms with Crippen LogP contribution in [0, 0.1) is 0 Å². The molecule has 1 aliphatic rings. The minimum Gasteiger partial charge on any atom is -0.488 e. The lowest BCUT2D eigenvalue weighted by Crippen LogP contribution is -2.43. The first-order chi connectivity index (χ1) is 8.04. The second-order valence-corrected chi connectivity index (χ2v) is 5.45. The molecule has 1 aromatic carbocycles. The van der Waals surface area contributed by atoms with E-state index < -0.39 is 0 Å². The number of nitrogens with one attached hydrogen (secondary N) is 1. The predicted octanol–water partition coefficient (Wildman–Crippen LogP) is 2.27. The second-order valence-electron chi connectivity index (χ2n) is 5.45. The highest BCUT2D eigenvalue weighted by molar-refractivity contribution is 5.49. The van der Waals surface area contributed by atoms with Gasteiger partial charge in [-0.15, -0.1) is 0 Å². The summed E-state index contributed by atoms with van der Waals surface area (Å²) in [4.78, 5) is 2.40. The van der Waals surface area contributed by atoms with Gasteiger partial charge >= 0.3 is 0 Å². The SMILES string of the molecule is CC(C)(C)Oc1ccc(N2CCNCC2)cc1. The van der Waals surface area contributed by atoms with Crippen LogP contribution in [0.5, 0.6) is 5.75 Å². The molecule has 0 amide bonds. The van der Waals surface area contributed by atoms with E-state index in [-0.39, 0.29) is 5.60 Å². The van der Waals surface area contributed by atoms with Gasteiger partial charge < -0.3 is 15.0 Å². The van der Waals surface area contributed by atoms with Gasteiger partial charge in [-0.2, -0.15) is 0 Å². The molecule has 1 aromatic rings. The molecule has 94 valence electrons. The number of piperazine rings is 1. The molecule has 1 aliphatic heterocycles. The van der Waals surface area contributed by atoms with Gasteiger partial charge in [0.15, 0.2) is 0 Å². The van der Waals surface area contributed by atoms with Crippen molar-refractivity contribution < 1.29 is 4.74 Å². The average molecular weight is 234 g/mol. The fourth-order valence-corrected chi connectivity index (χ4v) is 2.00. The number of ether oxygens (including phenoxy) is 1.